The minimum Gasteiger partial charge on any atom is -0.465 e. The fourth-order valence-electron chi connectivity index (χ4n) is 0.736. The molecule has 0 aromatic carbocycles. The van der Waals surface area contributed by atoms with Crippen molar-refractivity contribution in [1.29, 1.82) is 0 Å². The Labute approximate surface area is 73.7 Å². The van der Waals surface area contributed by atoms with Crippen LogP contribution in [0.2, 0.25) is 0 Å². The number of carbonyl (C=O) groups is 1. The van der Waals surface area contributed by atoms with Crippen molar-refractivity contribution in [2.45, 2.75) is 5.88 Å². The summed E-state index contributed by atoms with van der Waals surface area (Å²) in [5, 5.41) is 1.82. The smallest absolute Gasteiger partial charge is 0.339 e. The van der Waals surface area contributed by atoms with Crippen LogP contribution in [0.4, 0.5) is 0 Å². The molecule has 0 aliphatic rings. The van der Waals surface area contributed by atoms with E-state index in [0.717, 1.165) is 4.88 Å². The van der Waals surface area contributed by atoms with Gasteiger partial charge in [0.05, 0.1) is 18.6 Å². The molecule has 0 atom stereocenters. The van der Waals surface area contributed by atoms with E-state index in [9.17, 15) is 4.79 Å². The highest BCUT2D eigenvalue weighted by Gasteiger charge is 2.11. The zero-order valence-electron chi connectivity index (χ0n) is 5.96. The first kappa shape index (κ1) is 8.56. The minimum absolute atomic E-state index is 0.318. The Morgan fingerprint density at radius 2 is 2.55 bits per heavy atom. The van der Waals surface area contributed by atoms with Gasteiger partial charge in [-0.25, -0.2) is 4.79 Å². The minimum atomic E-state index is -0.318. The molecule has 0 fully saturated rings. The van der Waals surface area contributed by atoms with Gasteiger partial charge in [0.2, 0.25) is 0 Å². The summed E-state index contributed by atoms with van der Waals surface area (Å²) < 4.78 is 4.55. The van der Waals surface area contributed by atoms with Gasteiger partial charge in [-0.15, -0.1) is 22.9 Å². The lowest BCUT2D eigenvalue weighted by Crippen LogP contribution is -2.01. The second kappa shape index (κ2) is 3.74. The van der Waals surface area contributed by atoms with Crippen LogP contribution >= 0.6 is 22.9 Å². The zero-order chi connectivity index (χ0) is 8.27. The standard InChI is InChI=1S/C7H7ClO2S/c1-10-7(9)5-2-3-11-6(5)4-8/h2-3H,4H2,1H3. The van der Waals surface area contributed by atoms with Gasteiger partial charge in [0, 0.05) is 4.88 Å². The van der Waals surface area contributed by atoms with Crippen LogP contribution in [0.25, 0.3) is 0 Å². The van der Waals surface area contributed by atoms with Gasteiger partial charge in [-0.1, -0.05) is 0 Å². The Morgan fingerprint density at radius 3 is 3.09 bits per heavy atom. The van der Waals surface area contributed by atoms with Crippen molar-refractivity contribution < 1.29 is 9.53 Å². The molecule has 0 saturated heterocycles. The first-order valence-electron chi connectivity index (χ1n) is 3.00. The molecular weight excluding hydrogens is 184 g/mol. The van der Waals surface area contributed by atoms with Crippen molar-refractivity contribution in [3.05, 3.63) is 21.9 Å². The number of ether oxygens (including phenoxy) is 1. The maximum Gasteiger partial charge on any atom is 0.339 e. The summed E-state index contributed by atoms with van der Waals surface area (Å²) in [7, 11) is 1.36. The lowest BCUT2D eigenvalue weighted by molar-refractivity contribution is 0.0600. The summed E-state index contributed by atoms with van der Waals surface area (Å²) in [6.07, 6.45) is 0. The third-order valence-electron chi connectivity index (χ3n) is 1.27. The lowest BCUT2D eigenvalue weighted by atomic mass is 10.3. The van der Waals surface area contributed by atoms with Crippen molar-refractivity contribution in [1.82, 2.24) is 0 Å². The van der Waals surface area contributed by atoms with Gasteiger partial charge in [0.1, 0.15) is 0 Å². The molecule has 0 amide bonds. The number of carbonyl (C=O) groups excluding carboxylic acids is 1. The second-order valence-corrected chi connectivity index (χ2v) is 3.15. The molecule has 0 bridgehead atoms. The van der Waals surface area contributed by atoms with Crippen LogP contribution in [0.15, 0.2) is 11.4 Å². The van der Waals surface area contributed by atoms with Gasteiger partial charge >= 0.3 is 5.97 Å². The molecule has 0 spiro atoms. The van der Waals surface area contributed by atoms with Gasteiger partial charge in [-0.2, -0.15) is 0 Å². The zero-order valence-corrected chi connectivity index (χ0v) is 7.54. The van der Waals surface area contributed by atoms with Crippen LogP contribution in [-0.4, -0.2) is 13.1 Å². The first-order chi connectivity index (χ1) is 5.29. The molecule has 0 unspecified atom stereocenters. The summed E-state index contributed by atoms with van der Waals surface area (Å²) >= 11 is 7.04. The highest BCUT2D eigenvalue weighted by Crippen LogP contribution is 2.19. The van der Waals surface area contributed by atoms with E-state index in [2.05, 4.69) is 4.74 Å². The molecule has 1 heterocycles. The number of hydrogen-bond acceptors (Lipinski definition) is 3. The Kier molecular flexibility index (Phi) is 2.91. The molecule has 2 nitrogen and oxygen atoms in total. The molecule has 0 aliphatic carbocycles. The number of halogens is 1. The van der Waals surface area contributed by atoms with Gasteiger partial charge in [0.25, 0.3) is 0 Å². The quantitative estimate of drug-likeness (QED) is 0.528. The summed E-state index contributed by atoms with van der Waals surface area (Å²) in [6.45, 7) is 0. The van der Waals surface area contributed by atoms with Crippen LogP contribution in [-0.2, 0) is 10.6 Å². The van der Waals surface area contributed by atoms with E-state index >= 15 is 0 Å². The topological polar surface area (TPSA) is 26.3 Å². The summed E-state index contributed by atoms with van der Waals surface area (Å²) in [5.41, 5.74) is 0.576. The van der Waals surface area contributed by atoms with Crippen molar-refractivity contribution in [2.75, 3.05) is 7.11 Å². The molecule has 11 heavy (non-hydrogen) atoms. The van der Waals surface area contributed by atoms with E-state index in [4.69, 9.17) is 11.6 Å². The van der Waals surface area contributed by atoms with Crippen LogP contribution in [0.3, 0.4) is 0 Å². The normalized spacial score (nSPS) is 9.64. The van der Waals surface area contributed by atoms with Crippen molar-refractivity contribution in [3.63, 3.8) is 0 Å². The van der Waals surface area contributed by atoms with Gasteiger partial charge in [-0.3, -0.25) is 0 Å². The SMILES string of the molecule is COC(=O)c1ccsc1CCl. The molecule has 4 heteroatoms. The van der Waals surface area contributed by atoms with Crippen LogP contribution in [0.1, 0.15) is 15.2 Å². The van der Waals surface area contributed by atoms with Crippen LogP contribution in [0, 0.1) is 0 Å². The number of hydrogen-bond donors (Lipinski definition) is 0. The monoisotopic (exact) mass is 190 g/mol. The number of alkyl halides is 1. The second-order valence-electron chi connectivity index (χ2n) is 1.88. The number of thiophene rings is 1. The summed E-state index contributed by atoms with van der Waals surface area (Å²) in [6, 6.07) is 1.72. The van der Waals surface area contributed by atoms with E-state index < -0.39 is 0 Å². The van der Waals surface area contributed by atoms with Gasteiger partial charge < -0.3 is 4.74 Å². The Bertz CT molecular complexity index is 257. The van der Waals surface area contributed by atoms with Gasteiger partial charge in [0.15, 0.2) is 0 Å². The van der Waals surface area contributed by atoms with E-state index in [-0.39, 0.29) is 5.97 Å². The molecular formula is C7H7ClO2S. The number of methoxy groups -OCH3 is 1. The fraction of sp³-hybridized carbons (Fsp3) is 0.286. The van der Waals surface area contributed by atoms with Crippen molar-refractivity contribution in [3.8, 4) is 0 Å². The van der Waals surface area contributed by atoms with Crippen LogP contribution < -0.4 is 0 Å². The van der Waals surface area contributed by atoms with E-state index in [1.807, 2.05) is 5.38 Å². The predicted molar refractivity (Wildman–Crippen MR) is 45.2 cm³/mol. The van der Waals surface area contributed by atoms with Gasteiger partial charge in [-0.05, 0) is 11.4 Å². The highest BCUT2D eigenvalue weighted by molar-refractivity contribution is 7.10. The number of rotatable bonds is 2. The molecule has 0 N–H and O–H groups in total. The first-order valence-corrected chi connectivity index (χ1v) is 4.41. The van der Waals surface area contributed by atoms with Crippen molar-refractivity contribution >= 4 is 28.9 Å². The summed E-state index contributed by atoms with van der Waals surface area (Å²) in [5.74, 6) is 0.0455. The average molecular weight is 191 g/mol. The highest BCUT2D eigenvalue weighted by atomic mass is 35.5. The lowest BCUT2D eigenvalue weighted by Gasteiger charge is -1.96. The third kappa shape index (κ3) is 1.73. The molecule has 1 aromatic rings. The fourth-order valence-corrected chi connectivity index (χ4v) is 1.78. The predicted octanol–water partition coefficient (Wildman–Crippen LogP) is 2.27. The Balaban J connectivity index is 2.92. The molecule has 1 rings (SSSR count). The van der Waals surface area contributed by atoms with E-state index in [1.54, 1.807) is 6.07 Å². The molecule has 0 aliphatic heterocycles. The van der Waals surface area contributed by atoms with E-state index in [1.165, 1.54) is 18.4 Å². The summed E-state index contributed by atoms with van der Waals surface area (Å²) in [4.78, 5) is 11.8. The maximum atomic E-state index is 11.0. The maximum absolute atomic E-state index is 11.0. The Morgan fingerprint density at radius 1 is 1.82 bits per heavy atom. The molecule has 60 valence electrons. The van der Waals surface area contributed by atoms with Crippen LogP contribution in [0.5, 0.6) is 0 Å². The largest absolute Gasteiger partial charge is 0.465 e. The molecule has 0 saturated carbocycles. The number of esters is 1. The molecule has 0 radical (unpaired) electrons. The Hall–Kier alpha value is -0.540. The van der Waals surface area contributed by atoms with Crippen molar-refractivity contribution in [2.24, 2.45) is 0 Å². The molecule has 1 aromatic heterocycles. The van der Waals surface area contributed by atoms with E-state index in [0.29, 0.717) is 11.4 Å². The average Bonchev–Trinajstić information content (AvgIpc) is 2.50. The third-order valence-corrected chi connectivity index (χ3v) is 2.62.